The molecule has 0 saturated carbocycles. The Balaban J connectivity index is 2.15. The van der Waals surface area contributed by atoms with Gasteiger partial charge in [-0.15, -0.1) is 10.2 Å². The Morgan fingerprint density at radius 2 is 1.68 bits per heavy atom. The Morgan fingerprint density at radius 1 is 1.04 bits per heavy atom. The van der Waals surface area contributed by atoms with Gasteiger partial charge in [-0.1, -0.05) is 24.3 Å². The van der Waals surface area contributed by atoms with E-state index in [0.717, 1.165) is 12.1 Å². The third-order valence-corrected chi connectivity index (χ3v) is 4.77. The fraction of sp³-hybridized carbons (Fsp3) is 0.0588. The molecule has 3 aromatic rings. The van der Waals surface area contributed by atoms with E-state index < -0.39 is 19.9 Å². The molecule has 3 rings (SSSR count). The number of fused-ring (bicyclic) bond motifs is 1. The number of azo groups is 1. The third-order valence-electron chi connectivity index (χ3n) is 3.88. The van der Waals surface area contributed by atoms with Crippen molar-refractivity contribution in [1.82, 2.24) is 0 Å². The summed E-state index contributed by atoms with van der Waals surface area (Å²) in [4.78, 5) is 9.80. The second kappa shape index (κ2) is 7.21. The highest BCUT2D eigenvalue weighted by Crippen LogP contribution is 2.40. The molecule has 0 aliphatic heterocycles. The van der Waals surface area contributed by atoms with Gasteiger partial charge in [0.2, 0.25) is 0 Å². The highest BCUT2D eigenvalue weighted by atomic mass is 32.2. The van der Waals surface area contributed by atoms with Crippen molar-refractivity contribution >= 4 is 38.0 Å². The van der Waals surface area contributed by atoms with Crippen LogP contribution in [-0.4, -0.2) is 30.1 Å². The van der Waals surface area contributed by atoms with Crippen LogP contribution < -0.4 is 4.74 Å². The van der Waals surface area contributed by atoms with Gasteiger partial charge in [0.15, 0.2) is 11.5 Å². The molecule has 0 aliphatic rings. The fourth-order valence-electron chi connectivity index (χ4n) is 2.57. The van der Waals surface area contributed by atoms with Crippen molar-refractivity contribution in [1.29, 1.82) is 0 Å². The predicted molar refractivity (Wildman–Crippen MR) is 99.3 cm³/mol. The lowest BCUT2D eigenvalue weighted by atomic mass is 10.1. The van der Waals surface area contributed by atoms with Crippen molar-refractivity contribution < 1.29 is 27.7 Å². The van der Waals surface area contributed by atoms with Crippen LogP contribution in [0.25, 0.3) is 10.8 Å². The number of hydrogen-bond donors (Lipinski definition) is 2. The van der Waals surface area contributed by atoms with Gasteiger partial charge in [-0.2, -0.15) is 8.42 Å². The molecule has 0 saturated heterocycles. The number of methoxy groups -OCH3 is 1. The molecule has 0 unspecified atom stereocenters. The number of non-ortho nitro benzene ring substituents is 1. The summed E-state index contributed by atoms with van der Waals surface area (Å²) in [6, 6.07) is 10.6. The predicted octanol–water partition coefficient (Wildman–Crippen LogP) is 4.12. The maximum Gasteiger partial charge on any atom is 0.295 e. The molecule has 11 heteroatoms. The lowest BCUT2D eigenvalue weighted by molar-refractivity contribution is -0.384. The van der Waals surface area contributed by atoms with E-state index in [1.807, 2.05) is 0 Å². The van der Waals surface area contributed by atoms with Crippen LogP contribution in [0, 0.1) is 10.1 Å². The minimum Gasteiger partial charge on any atom is -0.505 e. The molecule has 0 amide bonds. The van der Waals surface area contributed by atoms with Gasteiger partial charge >= 0.3 is 0 Å². The molecule has 0 radical (unpaired) electrons. The van der Waals surface area contributed by atoms with Gasteiger partial charge in [0.25, 0.3) is 15.8 Å². The molecule has 2 N–H and O–H groups in total. The first-order valence-electron chi connectivity index (χ1n) is 7.68. The SMILES string of the molecule is COc1cc([N+](=O)[O-])ccc1N=Nc1cc(S(=O)(=O)O)c2ccccc2c1O. The van der Waals surface area contributed by atoms with E-state index in [-0.39, 0.29) is 39.3 Å². The number of phenols is 1. The number of nitro benzene ring substituents is 1. The molecule has 0 spiro atoms. The summed E-state index contributed by atoms with van der Waals surface area (Å²) in [7, 11) is -3.30. The topological polar surface area (TPSA) is 152 Å². The highest BCUT2D eigenvalue weighted by Gasteiger charge is 2.19. The molecule has 0 atom stereocenters. The van der Waals surface area contributed by atoms with Gasteiger partial charge in [-0.05, 0) is 12.1 Å². The minimum absolute atomic E-state index is 0.0632. The largest absolute Gasteiger partial charge is 0.505 e. The van der Waals surface area contributed by atoms with Crippen molar-refractivity contribution in [3.8, 4) is 11.5 Å². The molecule has 0 heterocycles. The van der Waals surface area contributed by atoms with E-state index in [2.05, 4.69) is 10.2 Å². The number of hydrogen-bond acceptors (Lipinski definition) is 8. The first kappa shape index (κ1) is 19.2. The van der Waals surface area contributed by atoms with E-state index in [0.29, 0.717) is 0 Å². The molecule has 0 fully saturated rings. The van der Waals surface area contributed by atoms with Crippen LogP contribution in [0.4, 0.5) is 17.1 Å². The summed E-state index contributed by atoms with van der Waals surface area (Å²) in [5.74, 6) is -0.277. The van der Waals surface area contributed by atoms with Gasteiger partial charge in [-0.3, -0.25) is 14.7 Å². The molecule has 144 valence electrons. The number of nitro groups is 1. The van der Waals surface area contributed by atoms with Crippen LogP contribution in [0.3, 0.4) is 0 Å². The van der Waals surface area contributed by atoms with Crippen molar-refractivity contribution in [2.75, 3.05) is 7.11 Å². The van der Waals surface area contributed by atoms with Crippen molar-refractivity contribution in [2.45, 2.75) is 4.90 Å². The molecule has 28 heavy (non-hydrogen) atoms. The zero-order valence-electron chi connectivity index (χ0n) is 14.3. The minimum atomic E-state index is -4.59. The van der Waals surface area contributed by atoms with Gasteiger partial charge in [0, 0.05) is 16.8 Å². The molecule has 10 nitrogen and oxygen atoms in total. The Kier molecular flexibility index (Phi) is 4.94. The van der Waals surface area contributed by atoms with Crippen LogP contribution >= 0.6 is 0 Å². The number of phenolic OH excluding ortho intramolecular Hbond substituents is 1. The Bertz CT molecular complexity index is 1220. The summed E-state index contributed by atoms with van der Waals surface area (Å²) in [6.45, 7) is 0. The monoisotopic (exact) mass is 403 g/mol. The van der Waals surface area contributed by atoms with Crippen molar-refractivity contribution in [3.63, 3.8) is 0 Å². The number of ether oxygens (including phenoxy) is 1. The maximum atomic E-state index is 11.7. The van der Waals surface area contributed by atoms with E-state index in [9.17, 15) is 28.2 Å². The van der Waals surface area contributed by atoms with Gasteiger partial charge in [-0.25, -0.2) is 0 Å². The van der Waals surface area contributed by atoms with Crippen LogP contribution in [0.5, 0.6) is 11.5 Å². The Hall–Kier alpha value is -3.57. The van der Waals surface area contributed by atoms with Crippen LogP contribution in [-0.2, 0) is 10.1 Å². The smallest absolute Gasteiger partial charge is 0.295 e. The summed E-state index contributed by atoms with van der Waals surface area (Å²) in [5.41, 5.74) is -0.307. The first-order valence-corrected chi connectivity index (χ1v) is 9.12. The maximum absolute atomic E-state index is 11.7. The fourth-order valence-corrected chi connectivity index (χ4v) is 3.29. The van der Waals surface area contributed by atoms with E-state index in [4.69, 9.17) is 4.74 Å². The second-order valence-corrected chi connectivity index (χ2v) is 6.97. The van der Waals surface area contributed by atoms with Crippen LogP contribution in [0.1, 0.15) is 0 Å². The zero-order valence-corrected chi connectivity index (χ0v) is 15.1. The van der Waals surface area contributed by atoms with Crippen molar-refractivity contribution in [3.05, 3.63) is 58.6 Å². The summed E-state index contributed by atoms with van der Waals surface area (Å²) >= 11 is 0. The molecule has 3 aromatic carbocycles. The highest BCUT2D eigenvalue weighted by molar-refractivity contribution is 7.86. The average Bonchev–Trinajstić information content (AvgIpc) is 2.66. The number of benzene rings is 3. The zero-order chi connectivity index (χ0) is 20.5. The molecule has 0 bridgehead atoms. The summed E-state index contributed by atoms with van der Waals surface area (Å²) in [6.07, 6.45) is 0. The van der Waals surface area contributed by atoms with Crippen LogP contribution in [0.2, 0.25) is 0 Å². The first-order chi connectivity index (χ1) is 13.2. The number of nitrogens with zero attached hydrogens (tertiary/aromatic N) is 3. The summed E-state index contributed by atoms with van der Waals surface area (Å²) < 4.78 is 37.9. The van der Waals surface area contributed by atoms with E-state index >= 15 is 0 Å². The lowest BCUT2D eigenvalue weighted by Crippen LogP contribution is -1.99. The van der Waals surface area contributed by atoms with E-state index in [1.165, 1.54) is 31.4 Å². The average molecular weight is 403 g/mol. The molecule has 0 aliphatic carbocycles. The van der Waals surface area contributed by atoms with Gasteiger partial charge < -0.3 is 9.84 Å². The number of aromatic hydroxyl groups is 1. The molecular weight excluding hydrogens is 390 g/mol. The molecular formula is C17H13N3O7S. The molecule has 0 aromatic heterocycles. The second-order valence-electron chi connectivity index (χ2n) is 5.58. The van der Waals surface area contributed by atoms with Crippen molar-refractivity contribution in [2.24, 2.45) is 10.2 Å². The Morgan fingerprint density at radius 3 is 2.29 bits per heavy atom. The Labute approximate surface area is 158 Å². The lowest BCUT2D eigenvalue weighted by Gasteiger charge is -2.08. The summed E-state index contributed by atoms with van der Waals surface area (Å²) in [5, 5.41) is 29.2. The van der Waals surface area contributed by atoms with Gasteiger partial charge in [0.05, 0.1) is 18.1 Å². The normalized spacial score (nSPS) is 11.8. The standard InChI is InChI=1S/C17H13N3O7S/c1-27-15-8-10(20(22)23)6-7-13(15)18-19-14-9-16(28(24,25)26)11-4-2-3-5-12(11)17(14)21/h2-9,21H,1H3,(H,24,25,26). The van der Waals surface area contributed by atoms with Gasteiger partial charge in [0.1, 0.15) is 16.3 Å². The quantitative estimate of drug-likeness (QED) is 0.281. The number of rotatable bonds is 5. The third kappa shape index (κ3) is 3.61. The van der Waals surface area contributed by atoms with Crippen LogP contribution in [0.15, 0.2) is 63.7 Å². The van der Waals surface area contributed by atoms with E-state index in [1.54, 1.807) is 12.1 Å².